The van der Waals surface area contributed by atoms with Crippen LogP contribution in [0.1, 0.15) is 0 Å². The van der Waals surface area contributed by atoms with Crippen molar-refractivity contribution in [2.24, 2.45) is 0 Å². The molecule has 0 aliphatic heterocycles. The van der Waals surface area contributed by atoms with E-state index in [9.17, 15) is 8.78 Å². The lowest BCUT2D eigenvalue weighted by molar-refractivity contribution is 0.485. The molecule has 3 rings (SSSR count). The molecule has 19 heavy (non-hydrogen) atoms. The first-order valence-electron chi connectivity index (χ1n) is 5.71. The molecule has 0 spiro atoms. The molecule has 0 amide bonds. The van der Waals surface area contributed by atoms with Gasteiger partial charge in [0.2, 0.25) is 0 Å². The largest absolute Gasteiger partial charge is 0.457 e. The van der Waals surface area contributed by atoms with Gasteiger partial charge in [-0.3, -0.25) is 4.98 Å². The number of para-hydroxylation sites is 1. The molecular formula is C15H9F2NO. The topological polar surface area (TPSA) is 22.1 Å². The van der Waals surface area contributed by atoms with E-state index in [0.717, 1.165) is 0 Å². The van der Waals surface area contributed by atoms with E-state index in [2.05, 4.69) is 4.98 Å². The second-order valence-electron chi connectivity index (χ2n) is 4.00. The SMILES string of the molecule is Fc1ccc(Oc2ccnc3c(F)cccc23)cc1. The van der Waals surface area contributed by atoms with Gasteiger partial charge in [0, 0.05) is 11.6 Å². The number of aromatic nitrogens is 1. The lowest BCUT2D eigenvalue weighted by atomic mass is 10.2. The molecule has 1 aromatic heterocycles. The molecule has 2 nitrogen and oxygen atoms in total. The summed E-state index contributed by atoms with van der Waals surface area (Å²) in [7, 11) is 0. The Hall–Kier alpha value is -2.49. The van der Waals surface area contributed by atoms with Gasteiger partial charge < -0.3 is 4.74 Å². The van der Waals surface area contributed by atoms with Crippen LogP contribution in [0, 0.1) is 11.6 Å². The molecule has 0 unspecified atom stereocenters. The maximum Gasteiger partial charge on any atom is 0.149 e. The molecule has 3 aromatic rings. The van der Waals surface area contributed by atoms with Crippen LogP contribution in [0.15, 0.2) is 54.7 Å². The van der Waals surface area contributed by atoms with Crippen LogP contribution in [0.2, 0.25) is 0 Å². The molecule has 0 radical (unpaired) electrons. The number of fused-ring (bicyclic) bond motifs is 1. The van der Waals surface area contributed by atoms with E-state index in [1.54, 1.807) is 18.2 Å². The zero-order valence-corrected chi connectivity index (χ0v) is 9.81. The lowest BCUT2D eigenvalue weighted by Crippen LogP contribution is -1.89. The minimum atomic E-state index is -0.401. The van der Waals surface area contributed by atoms with Crippen LogP contribution in [-0.2, 0) is 0 Å². The number of ether oxygens (including phenoxy) is 1. The third-order valence-corrected chi connectivity index (χ3v) is 2.72. The van der Waals surface area contributed by atoms with Crippen LogP contribution >= 0.6 is 0 Å². The molecule has 0 saturated carbocycles. The molecule has 0 saturated heterocycles. The summed E-state index contributed by atoms with van der Waals surface area (Å²) in [5.74, 6) is 0.231. The molecule has 2 aromatic carbocycles. The van der Waals surface area contributed by atoms with Crippen molar-refractivity contribution < 1.29 is 13.5 Å². The van der Waals surface area contributed by atoms with Gasteiger partial charge >= 0.3 is 0 Å². The molecular weight excluding hydrogens is 248 g/mol. The minimum Gasteiger partial charge on any atom is -0.457 e. The molecule has 0 fully saturated rings. The highest BCUT2D eigenvalue weighted by molar-refractivity contribution is 5.85. The molecule has 1 heterocycles. The van der Waals surface area contributed by atoms with Crippen molar-refractivity contribution in [3.8, 4) is 11.5 Å². The number of hydrogen-bond acceptors (Lipinski definition) is 2. The fourth-order valence-electron chi connectivity index (χ4n) is 1.83. The number of nitrogens with zero attached hydrogens (tertiary/aromatic N) is 1. The molecule has 0 atom stereocenters. The highest BCUT2D eigenvalue weighted by atomic mass is 19.1. The molecule has 0 aliphatic carbocycles. The predicted octanol–water partition coefficient (Wildman–Crippen LogP) is 4.31. The van der Waals surface area contributed by atoms with E-state index in [0.29, 0.717) is 16.9 Å². The van der Waals surface area contributed by atoms with Crippen LogP contribution in [-0.4, -0.2) is 4.98 Å². The first-order valence-corrected chi connectivity index (χ1v) is 5.71. The Bertz CT molecular complexity index is 726. The Kier molecular flexibility index (Phi) is 2.83. The van der Waals surface area contributed by atoms with Crippen LogP contribution in [0.25, 0.3) is 10.9 Å². The number of benzene rings is 2. The summed E-state index contributed by atoms with van der Waals surface area (Å²) in [6.07, 6.45) is 1.48. The number of hydrogen-bond donors (Lipinski definition) is 0. The van der Waals surface area contributed by atoms with Crippen LogP contribution in [0.5, 0.6) is 11.5 Å². The zero-order valence-electron chi connectivity index (χ0n) is 9.81. The van der Waals surface area contributed by atoms with Gasteiger partial charge in [0.1, 0.15) is 28.7 Å². The first kappa shape index (κ1) is 11.6. The number of halogens is 2. The summed E-state index contributed by atoms with van der Waals surface area (Å²) in [6, 6.07) is 11.9. The van der Waals surface area contributed by atoms with Crippen molar-refractivity contribution in [2.75, 3.05) is 0 Å². The number of rotatable bonds is 2. The summed E-state index contributed by atoms with van der Waals surface area (Å²) < 4.78 is 32.0. The normalized spacial score (nSPS) is 10.6. The van der Waals surface area contributed by atoms with Crippen molar-refractivity contribution in [1.82, 2.24) is 4.98 Å². The fraction of sp³-hybridized carbons (Fsp3) is 0. The highest BCUT2D eigenvalue weighted by Gasteiger charge is 2.07. The lowest BCUT2D eigenvalue weighted by Gasteiger charge is -2.08. The Morgan fingerprint density at radius 1 is 0.895 bits per heavy atom. The second kappa shape index (κ2) is 4.65. The summed E-state index contributed by atoms with van der Waals surface area (Å²) in [4.78, 5) is 3.98. The van der Waals surface area contributed by atoms with Crippen LogP contribution in [0.3, 0.4) is 0 Å². The summed E-state index contributed by atoms with van der Waals surface area (Å²) in [6.45, 7) is 0. The standard InChI is InChI=1S/C15H9F2NO/c16-10-4-6-11(7-5-10)19-14-8-9-18-15-12(14)2-1-3-13(15)17/h1-9H. The second-order valence-corrected chi connectivity index (χ2v) is 4.00. The molecule has 4 heteroatoms. The number of pyridine rings is 1. The van der Waals surface area contributed by atoms with E-state index < -0.39 is 5.82 Å². The fourth-order valence-corrected chi connectivity index (χ4v) is 1.83. The van der Waals surface area contributed by atoms with Crippen molar-refractivity contribution in [2.45, 2.75) is 0 Å². The van der Waals surface area contributed by atoms with Gasteiger partial charge in [-0.25, -0.2) is 8.78 Å². The van der Waals surface area contributed by atoms with Gasteiger partial charge in [-0.15, -0.1) is 0 Å². The molecule has 94 valence electrons. The van der Waals surface area contributed by atoms with Crippen molar-refractivity contribution in [3.63, 3.8) is 0 Å². The van der Waals surface area contributed by atoms with Gasteiger partial charge in [0.05, 0.1) is 0 Å². The predicted molar refractivity (Wildman–Crippen MR) is 68.2 cm³/mol. The molecule has 0 aliphatic rings. The summed E-state index contributed by atoms with van der Waals surface area (Å²) in [5.41, 5.74) is 0.252. The summed E-state index contributed by atoms with van der Waals surface area (Å²) in [5, 5.41) is 0.576. The average Bonchev–Trinajstić information content (AvgIpc) is 2.43. The first-order chi connectivity index (χ1) is 9.24. The quantitative estimate of drug-likeness (QED) is 0.682. The average molecular weight is 257 g/mol. The van der Waals surface area contributed by atoms with Crippen molar-refractivity contribution in [3.05, 3.63) is 66.4 Å². The Balaban J connectivity index is 2.06. The van der Waals surface area contributed by atoms with Gasteiger partial charge in [-0.2, -0.15) is 0 Å². The maximum absolute atomic E-state index is 13.6. The summed E-state index contributed by atoms with van der Waals surface area (Å²) >= 11 is 0. The van der Waals surface area contributed by atoms with E-state index in [1.165, 1.54) is 36.5 Å². The van der Waals surface area contributed by atoms with Gasteiger partial charge in [0.15, 0.2) is 0 Å². The Morgan fingerprint density at radius 3 is 2.47 bits per heavy atom. The van der Waals surface area contributed by atoms with Gasteiger partial charge in [0.25, 0.3) is 0 Å². The van der Waals surface area contributed by atoms with E-state index >= 15 is 0 Å². The van der Waals surface area contributed by atoms with Crippen LogP contribution < -0.4 is 4.74 Å². The minimum absolute atomic E-state index is 0.252. The van der Waals surface area contributed by atoms with E-state index in [4.69, 9.17) is 4.74 Å². The van der Waals surface area contributed by atoms with Crippen LogP contribution in [0.4, 0.5) is 8.78 Å². The Morgan fingerprint density at radius 2 is 1.68 bits per heavy atom. The zero-order chi connectivity index (χ0) is 13.2. The van der Waals surface area contributed by atoms with Crippen molar-refractivity contribution in [1.29, 1.82) is 0 Å². The third kappa shape index (κ3) is 2.25. The van der Waals surface area contributed by atoms with E-state index in [1.807, 2.05) is 0 Å². The highest BCUT2D eigenvalue weighted by Crippen LogP contribution is 2.29. The molecule has 0 bridgehead atoms. The van der Waals surface area contributed by atoms with Gasteiger partial charge in [-0.05, 0) is 42.5 Å². The smallest absolute Gasteiger partial charge is 0.149 e. The molecule has 0 N–H and O–H groups in total. The maximum atomic E-state index is 13.6. The monoisotopic (exact) mass is 257 g/mol. The van der Waals surface area contributed by atoms with Gasteiger partial charge in [-0.1, -0.05) is 6.07 Å². The van der Waals surface area contributed by atoms with E-state index in [-0.39, 0.29) is 11.3 Å². The Labute approximate surface area is 108 Å². The van der Waals surface area contributed by atoms with Crippen molar-refractivity contribution >= 4 is 10.9 Å². The third-order valence-electron chi connectivity index (χ3n) is 2.72.